The third-order valence-corrected chi connectivity index (χ3v) is 7.68. The highest BCUT2D eigenvalue weighted by atomic mass is 32.2. The monoisotopic (exact) mass is 466 g/mol. The topological polar surface area (TPSA) is 17.8 Å². The van der Waals surface area contributed by atoms with E-state index in [9.17, 15) is 0 Å². The van der Waals surface area contributed by atoms with Gasteiger partial charge in [0, 0.05) is 27.7 Å². The molecule has 1 heterocycles. The van der Waals surface area contributed by atoms with E-state index in [4.69, 9.17) is 4.98 Å². The molecule has 0 fully saturated rings. The number of aromatic nitrogens is 2. The van der Waals surface area contributed by atoms with E-state index in [-0.39, 0.29) is 5.41 Å². The largest absolute Gasteiger partial charge is 0.299 e. The number of nitrogens with zero attached hydrogens (tertiary/aromatic N) is 2. The molecular weight excluding hydrogens is 432 g/mol. The van der Waals surface area contributed by atoms with E-state index in [0.29, 0.717) is 0 Å². The molecule has 4 rings (SSSR count). The summed E-state index contributed by atoms with van der Waals surface area (Å²) in [5, 5.41) is 0. The third-order valence-electron chi connectivity index (χ3n) is 6.68. The smallest absolute Gasteiger partial charge is 0.144 e. The second kappa shape index (κ2) is 9.70. The number of allylic oxidation sites excluding steroid dienone is 5. The van der Waals surface area contributed by atoms with Gasteiger partial charge in [0.25, 0.3) is 0 Å². The summed E-state index contributed by atoms with van der Waals surface area (Å²) in [7, 11) is 0. The molecule has 0 spiro atoms. The maximum atomic E-state index is 4.90. The predicted octanol–water partition coefficient (Wildman–Crippen LogP) is 8.99. The van der Waals surface area contributed by atoms with E-state index >= 15 is 0 Å². The summed E-state index contributed by atoms with van der Waals surface area (Å²) >= 11 is 1.80. The van der Waals surface area contributed by atoms with Crippen LogP contribution in [0.25, 0.3) is 17.1 Å². The van der Waals surface area contributed by atoms with Gasteiger partial charge in [-0.1, -0.05) is 56.3 Å². The lowest BCUT2D eigenvalue weighted by molar-refractivity contribution is 0.507. The molecule has 0 atom stereocenters. The second-order valence-corrected chi connectivity index (χ2v) is 11.0. The first-order chi connectivity index (χ1) is 16.2. The Morgan fingerprint density at radius 2 is 1.68 bits per heavy atom. The maximum Gasteiger partial charge on any atom is 0.144 e. The summed E-state index contributed by atoms with van der Waals surface area (Å²) in [5.74, 6) is 0.984. The molecule has 174 valence electrons. The first-order valence-corrected chi connectivity index (χ1v) is 12.8. The van der Waals surface area contributed by atoms with Crippen molar-refractivity contribution in [2.45, 2.75) is 70.1 Å². The van der Waals surface area contributed by atoms with Gasteiger partial charge in [0.1, 0.15) is 5.82 Å². The van der Waals surface area contributed by atoms with Crippen LogP contribution in [0.3, 0.4) is 0 Å². The summed E-state index contributed by atoms with van der Waals surface area (Å²) < 4.78 is 2.25. The lowest BCUT2D eigenvalue weighted by Gasteiger charge is -2.27. The van der Waals surface area contributed by atoms with E-state index in [1.807, 2.05) is 6.20 Å². The van der Waals surface area contributed by atoms with Crippen LogP contribution in [0.15, 0.2) is 99.3 Å². The van der Waals surface area contributed by atoms with Crippen molar-refractivity contribution in [3.8, 4) is 11.4 Å². The van der Waals surface area contributed by atoms with Crippen molar-refractivity contribution in [1.82, 2.24) is 9.55 Å². The Balaban J connectivity index is 1.87. The third kappa shape index (κ3) is 4.92. The molecule has 0 bridgehead atoms. The van der Waals surface area contributed by atoms with Gasteiger partial charge in [-0.25, -0.2) is 4.98 Å². The molecule has 0 unspecified atom stereocenters. The van der Waals surface area contributed by atoms with Gasteiger partial charge in [-0.15, -0.1) is 5.73 Å². The average molecular weight is 467 g/mol. The van der Waals surface area contributed by atoms with Gasteiger partial charge in [-0.3, -0.25) is 4.57 Å². The Morgan fingerprint density at radius 3 is 2.38 bits per heavy atom. The fourth-order valence-electron chi connectivity index (χ4n) is 4.39. The highest BCUT2D eigenvalue weighted by Crippen LogP contribution is 2.40. The Bertz CT molecular complexity index is 1340. The molecule has 0 N–H and O–H groups in total. The lowest BCUT2D eigenvalue weighted by atomic mass is 9.79. The molecule has 0 radical (unpaired) electrons. The molecule has 2 aromatic carbocycles. The number of imidazole rings is 1. The van der Waals surface area contributed by atoms with Gasteiger partial charge in [0.2, 0.25) is 0 Å². The highest BCUT2D eigenvalue weighted by molar-refractivity contribution is 7.99. The molecule has 0 aliphatic heterocycles. The molecule has 3 heteroatoms. The number of aryl methyl sites for hydroxylation is 1. The Kier molecular flexibility index (Phi) is 6.89. The Hall–Kier alpha value is -3.00. The summed E-state index contributed by atoms with van der Waals surface area (Å²) in [4.78, 5) is 7.37. The molecule has 3 aromatic rings. The minimum absolute atomic E-state index is 0.0367. The summed E-state index contributed by atoms with van der Waals surface area (Å²) in [6.45, 7) is 15.5. The second-order valence-electron chi connectivity index (χ2n) is 9.81. The molecule has 1 aromatic heterocycles. The quantitative estimate of drug-likeness (QED) is 0.337. The van der Waals surface area contributed by atoms with Crippen LogP contribution < -0.4 is 0 Å². The lowest BCUT2D eigenvalue weighted by Crippen LogP contribution is -2.17. The molecule has 0 saturated carbocycles. The fourth-order valence-corrected chi connectivity index (χ4v) is 5.25. The average Bonchev–Trinajstić information content (AvgIpc) is 3.23. The number of hydrogen-bond donors (Lipinski definition) is 0. The summed E-state index contributed by atoms with van der Waals surface area (Å²) in [6.07, 6.45) is 9.34. The SMILES string of the molecule is CCC(C)(C)c1ccc(Sc2ccc(C)cc2)cc1-c1nccn1C1=C(C)C=C=C(C)C=C1C. The normalized spacial score (nSPS) is 14.2. The van der Waals surface area contributed by atoms with Crippen LogP contribution in [-0.2, 0) is 5.41 Å². The first kappa shape index (κ1) is 24.1. The van der Waals surface area contributed by atoms with Crippen molar-refractivity contribution < 1.29 is 0 Å². The van der Waals surface area contributed by atoms with Crippen molar-refractivity contribution in [1.29, 1.82) is 0 Å². The van der Waals surface area contributed by atoms with Gasteiger partial charge >= 0.3 is 0 Å². The predicted molar refractivity (Wildman–Crippen MR) is 146 cm³/mol. The van der Waals surface area contributed by atoms with Gasteiger partial charge in [0.15, 0.2) is 0 Å². The standard InChI is InChI=1S/C31H34N2S/c1-8-31(6,7)28-16-15-26(34-25-13-10-21(2)11-14-25)20-27(28)30-32-17-18-33(30)29-23(4)12-9-22(3)19-24(29)5/h10-20H,8H2,1-7H3. The molecule has 1 aliphatic rings. The van der Waals surface area contributed by atoms with Crippen LogP contribution in [0.2, 0.25) is 0 Å². The minimum Gasteiger partial charge on any atom is -0.299 e. The van der Waals surface area contributed by atoms with Crippen LogP contribution in [0.4, 0.5) is 0 Å². The summed E-state index contributed by atoms with van der Waals surface area (Å²) in [6, 6.07) is 15.6. The van der Waals surface area contributed by atoms with Gasteiger partial charge < -0.3 is 0 Å². The zero-order chi connectivity index (χ0) is 24.5. The molecule has 0 amide bonds. The Labute approximate surface area is 208 Å². The molecule has 34 heavy (non-hydrogen) atoms. The van der Waals surface area contributed by atoms with Gasteiger partial charge in [-0.2, -0.15) is 0 Å². The van der Waals surface area contributed by atoms with Crippen LogP contribution in [0.1, 0.15) is 59.1 Å². The van der Waals surface area contributed by atoms with Gasteiger partial charge in [0.05, 0.1) is 5.70 Å². The van der Waals surface area contributed by atoms with E-state index < -0.39 is 0 Å². The highest BCUT2D eigenvalue weighted by Gasteiger charge is 2.25. The van der Waals surface area contributed by atoms with Crippen LogP contribution >= 0.6 is 11.8 Å². The number of rotatable bonds is 6. The summed E-state index contributed by atoms with van der Waals surface area (Å²) in [5.41, 5.74) is 11.9. The van der Waals surface area contributed by atoms with E-state index in [1.54, 1.807) is 11.8 Å². The van der Waals surface area contributed by atoms with Crippen molar-refractivity contribution in [2.75, 3.05) is 0 Å². The fraction of sp³-hybridized carbons (Fsp3) is 0.290. The molecule has 1 aliphatic carbocycles. The number of benzene rings is 2. The molecular formula is C31H34N2S. The van der Waals surface area contributed by atoms with Crippen molar-refractivity contribution in [3.05, 3.63) is 101 Å². The van der Waals surface area contributed by atoms with Crippen molar-refractivity contribution >= 4 is 17.5 Å². The molecule has 0 saturated heterocycles. The Morgan fingerprint density at radius 1 is 0.971 bits per heavy atom. The van der Waals surface area contributed by atoms with E-state index in [0.717, 1.165) is 17.8 Å². The minimum atomic E-state index is 0.0367. The van der Waals surface area contributed by atoms with Crippen LogP contribution in [0.5, 0.6) is 0 Å². The van der Waals surface area contributed by atoms with E-state index in [1.165, 1.54) is 43.3 Å². The maximum absolute atomic E-state index is 4.90. The van der Waals surface area contributed by atoms with Crippen LogP contribution in [0, 0.1) is 6.92 Å². The first-order valence-electron chi connectivity index (χ1n) is 12.0. The van der Waals surface area contributed by atoms with Crippen molar-refractivity contribution in [2.24, 2.45) is 0 Å². The number of hydrogen-bond acceptors (Lipinski definition) is 2. The zero-order valence-corrected chi connectivity index (χ0v) is 22.2. The van der Waals surface area contributed by atoms with Crippen molar-refractivity contribution in [3.63, 3.8) is 0 Å². The molecule has 2 nitrogen and oxygen atoms in total. The van der Waals surface area contributed by atoms with Crippen LogP contribution in [-0.4, -0.2) is 9.55 Å². The van der Waals surface area contributed by atoms with Gasteiger partial charge in [-0.05, 0) is 98.2 Å². The zero-order valence-electron chi connectivity index (χ0n) is 21.4. The van der Waals surface area contributed by atoms with E-state index in [2.05, 4.69) is 120 Å².